The number of hydrogen-bond donors (Lipinski definition) is 1. The summed E-state index contributed by atoms with van der Waals surface area (Å²) < 4.78 is 0. The van der Waals surface area contributed by atoms with Gasteiger partial charge in [0.1, 0.15) is 0 Å². The van der Waals surface area contributed by atoms with Gasteiger partial charge < -0.3 is 5.11 Å². The van der Waals surface area contributed by atoms with E-state index >= 15 is 0 Å². The van der Waals surface area contributed by atoms with Gasteiger partial charge in [0, 0.05) is 0 Å². The maximum atomic E-state index is 11.9. The Kier molecular flexibility index (Phi) is 7.10. The molecule has 4 atom stereocenters. The normalized spacial score (nSPS) is 28.4. The van der Waals surface area contributed by atoms with Gasteiger partial charge in [0.15, 0.2) is 0 Å². The van der Waals surface area contributed by atoms with E-state index < -0.39 is 11.4 Å². The zero-order valence-electron chi connectivity index (χ0n) is 16.1. The molecule has 1 rings (SSSR count). The van der Waals surface area contributed by atoms with Gasteiger partial charge in [-0.1, -0.05) is 65.7 Å². The van der Waals surface area contributed by atoms with Crippen molar-refractivity contribution in [2.24, 2.45) is 29.1 Å². The molecule has 1 N–H and O–H groups in total. The lowest BCUT2D eigenvalue weighted by Crippen LogP contribution is -2.42. The van der Waals surface area contributed by atoms with E-state index in [0.29, 0.717) is 17.8 Å². The monoisotopic (exact) mass is 320 g/mol. The Bertz CT molecular complexity index is 472. The third kappa shape index (κ3) is 4.28. The van der Waals surface area contributed by atoms with Crippen LogP contribution in [0.5, 0.6) is 0 Å². The van der Waals surface area contributed by atoms with E-state index in [-0.39, 0.29) is 5.92 Å². The average Bonchev–Trinajstić information content (AvgIpc) is 2.48. The molecule has 1 aliphatic rings. The third-order valence-corrected chi connectivity index (χ3v) is 6.13. The molecule has 2 heteroatoms. The van der Waals surface area contributed by atoms with E-state index in [1.54, 1.807) is 0 Å². The first-order valence-corrected chi connectivity index (χ1v) is 9.32. The lowest BCUT2D eigenvalue weighted by Gasteiger charge is -2.43. The van der Waals surface area contributed by atoms with E-state index in [2.05, 4.69) is 53.7 Å². The van der Waals surface area contributed by atoms with Crippen LogP contribution in [0.2, 0.25) is 0 Å². The van der Waals surface area contributed by atoms with Gasteiger partial charge in [0.25, 0.3) is 0 Å². The molecule has 132 valence electrons. The summed E-state index contributed by atoms with van der Waals surface area (Å²) in [5.74, 6) is 0.975. The Morgan fingerprint density at radius 1 is 1.39 bits per heavy atom. The maximum Gasteiger partial charge on any atom is 0.309 e. The van der Waals surface area contributed by atoms with Crippen LogP contribution in [0.1, 0.15) is 74.1 Å². The van der Waals surface area contributed by atoms with Crippen LogP contribution in [0.15, 0.2) is 23.3 Å². The highest BCUT2D eigenvalue weighted by atomic mass is 16.4. The van der Waals surface area contributed by atoms with Gasteiger partial charge >= 0.3 is 5.97 Å². The minimum absolute atomic E-state index is 0.219. The molecule has 0 bridgehead atoms. The summed E-state index contributed by atoms with van der Waals surface area (Å²) >= 11 is 0. The Labute approximate surface area is 143 Å². The number of aliphatic carboxylic acids is 1. The van der Waals surface area contributed by atoms with Crippen LogP contribution in [-0.4, -0.2) is 11.1 Å². The van der Waals surface area contributed by atoms with Crippen LogP contribution >= 0.6 is 0 Å². The zero-order chi connectivity index (χ0) is 17.8. The van der Waals surface area contributed by atoms with Gasteiger partial charge in [-0.2, -0.15) is 0 Å². The molecule has 0 saturated carbocycles. The number of rotatable bonds is 7. The fourth-order valence-corrected chi connectivity index (χ4v) is 4.21. The lowest BCUT2D eigenvalue weighted by atomic mass is 9.61. The van der Waals surface area contributed by atoms with Gasteiger partial charge in [-0.15, -0.1) is 0 Å². The summed E-state index contributed by atoms with van der Waals surface area (Å²) in [6, 6.07) is 0. The Morgan fingerprint density at radius 3 is 2.43 bits per heavy atom. The summed E-state index contributed by atoms with van der Waals surface area (Å²) in [5.41, 5.74) is 2.28. The van der Waals surface area contributed by atoms with Crippen LogP contribution in [0.3, 0.4) is 0 Å². The molecule has 0 aromatic heterocycles. The number of allylic oxidation sites excluding steroid dienone is 4. The van der Waals surface area contributed by atoms with E-state index in [9.17, 15) is 9.90 Å². The average molecular weight is 321 g/mol. The van der Waals surface area contributed by atoms with Crippen molar-refractivity contribution < 1.29 is 9.90 Å². The Hall–Kier alpha value is -1.05. The fourth-order valence-electron chi connectivity index (χ4n) is 4.21. The van der Waals surface area contributed by atoms with Crippen molar-refractivity contribution in [2.75, 3.05) is 0 Å². The first-order chi connectivity index (χ1) is 10.7. The van der Waals surface area contributed by atoms with Crippen molar-refractivity contribution in [3.63, 3.8) is 0 Å². The summed E-state index contributed by atoms with van der Waals surface area (Å²) in [6.45, 7) is 15.3. The van der Waals surface area contributed by atoms with Crippen molar-refractivity contribution in [3.8, 4) is 0 Å². The summed E-state index contributed by atoms with van der Waals surface area (Å²) in [6.07, 6.45) is 8.33. The molecule has 2 nitrogen and oxygen atoms in total. The van der Waals surface area contributed by atoms with Crippen LogP contribution in [0, 0.1) is 29.1 Å². The van der Waals surface area contributed by atoms with Crippen molar-refractivity contribution in [3.05, 3.63) is 23.3 Å². The summed E-state index contributed by atoms with van der Waals surface area (Å²) in [5, 5.41) is 9.81. The Balaban J connectivity index is 3.12. The van der Waals surface area contributed by atoms with Crippen molar-refractivity contribution in [2.45, 2.75) is 74.1 Å². The molecule has 0 saturated heterocycles. The van der Waals surface area contributed by atoms with Gasteiger partial charge in [-0.25, -0.2) is 0 Å². The van der Waals surface area contributed by atoms with Gasteiger partial charge in [-0.05, 0) is 55.4 Å². The standard InChI is InChI=1S/C21H36O2/c1-8-12-21(7,20(22)23)19-11-10-18(15(5)16(19)6)13-17(9-2)14(3)4/h10,13-16,19H,8-9,11-12H2,1-7H3,(H,22,23)/b17-13+/t15?,16-,19+,21+/m0/s1. The number of carboxylic acid groups (broad SMARTS) is 1. The second-order valence-corrected chi connectivity index (χ2v) is 7.89. The van der Waals surface area contributed by atoms with E-state index in [0.717, 1.165) is 25.7 Å². The third-order valence-electron chi connectivity index (χ3n) is 6.13. The molecule has 0 aliphatic heterocycles. The van der Waals surface area contributed by atoms with Crippen molar-refractivity contribution in [1.29, 1.82) is 0 Å². The zero-order valence-corrected chi connectivity index (χ0v) is 16.1. The molecule has 1 aliphatic carbocycles. The van der Waals surface area contributed by atoms with Crippen molar-refractivity contribution in [1.82, 2.24) is 0 Å². The Morgan fingerprint density at radius 2 is 2.00 bits per heavy atom. The molecule has 0 heterocycles. The van der Waals surface area contributed by atoms with Crippen LogP contribution < -0.4 is 0 Å². The summed E-state index contributed by atoms with van der Waals surface area (Å²) in [4.78, 5) is 11.9. The molecule has 0 radical (unpaired) electrons. The quantitative estimate of drug-likeness (QED) is 0.616. The molecule has 0 aromatic carbocycles. The topological polar surface area (TPSA) is 37.3 Å². The van der Waals surface area contributed by atoms with Crippen LogP contribution in [0.4, 0.5) is 0 Å². The first-order valence-electron chi connectivity index (χ1n) is 9.32. The number of carbonyl (C=O) groups is 1. The predicted molar refractivity (Wildman–Crippen MR) is 98.4 cm³/mol. The van der Waals surface area contributed by atoms with E-state index in [4.69, 9.17) is 0 Å². The maximum absolute atomic E-state index is 11.9. The van der Waals surface area contributed by atoms with Gasteiger partial charge in [-0.3, -0.25) is 4.79 Å². The molecule has 0 fully saturated rings. The highest BCUT2D eigenvalue weighted by Crippen LogP contribution is 2.47. The van der Waals surface area contributed by atoms with E-state index in [1.165, 1.54) is 11.1 Å². The minimum atomic E-state index is -0.632. The summed E-state index contributed by atoms with van der Waals surface area (Å²) in [7, 11) is 0. The predicted octanol–water partition coefficient (Wildman–Crippen LogP) is 6.09. The van der Waals surface area contributed by atoms with Crippen molar-refractivity contribution >= 4 is 5.97 Å². The molecule has 0 amide bonds. The molecule has 23 heavy (non-hydrogen) atoms. The highest BCUT2D eigenvalue weighted by molar-refractivity contribution is 5.74. The van der Waals surface area contributed by atoms with Crippen LogP contribution in [-0.2, 0) is 4.79 Å². The second-order valence-electron chi connectivity index (χ2n) is 7.89. The molecular weight excluding hydrogens is 284 g/mol. The van der Waals surface area contributed by atoms with Gasteiger partial charge in [0.05, 0.1) is 5.41 Å². The number of hydrogen-bond acceptors (Lipinski definition) is 1. The molecule has 1 unspecified atom stereocenters. The molecule has 0 aromatic rings. The highest BCUT2D eigenvalue weighted by Gasteiger charge is 2.45. The first kappa shape index (κ1) is 20.0. The fraction of sp³-hybridized carbons (Fsp3) is 0.762. The molecular formula is C21H36O2. The smallest absolute Gasteiger partial charge is 0.309 e. The number of carboxylic acids is 1. The SMILES string of the molecule is CCC[C@@](C)(C(=O)O)[C@@H]1CC=C(/C=C(\CC)C(C)C)C(C)[C@@H]1C. The molecule has 0 spiro atoms. The minimum Gasteiger partial charge on any atom is -0.481 e. The second kappa shape index (κ2) is 8.17. The lowest BCUT2D eigenvalue weighted by molar-refractivity contribution is -0.154. The largest absolute Gasteiger partial charge is 0.481 e. The van der Waals surface area contributed by atoms with Crippen LogP contribution in [0.25, 0.3) is 0 Å². The van der Waals surface area contributed by atoms with Gasteiger partial charge in [0.2, 0.25) is 0 Å². The van der Waals surface area contributed by atoms with E-state index in [1.807, 2.05) is 6.92 Å².